The molecule has 0 saturated carbocycles. The molecule has 0 radical (unpaired) electrons. The van der Waals surface area contributed by atoms with Crippen molar-refractivity contribution < 1.29 is 9.53 Å². The Labute approximate surface area is 125 Å². The van der Waals surface area contributed by atoms with E-state index < -0.39 is 0 Å². The third-order valence-electron chi connectivity index (χ3n) is 4.50. The number of rotatable bonds is 3. The van der Waals surface area contributed by atoms with E-state index in [1.54, 1.807) is 0 Å². The predicted molar refractivity (Wildman–Crippen MR) is 79.0 cm³/mol. The molecule has 0 bridgehead atoms. The number of aromatic nitrogens is 2. The van der Waals surface area contributed by atoms with Crippen LogP contribution in [0.2, 0.25) is 0 Å². The molecule has 2 aliphatic heterocycles. The number of hydrogen-bond donors (Lipinski definition) is 1. The Morgan fingerprint density at radius 2 is 2.24 bits per heavy atom. The molecule has 0 aliphatic carbocycles. The van der Waals surface area contributed by atoms with Crippen molar-refractivity contribution in [3.05, 3.63) is 18.0 Å². The van der Waals surface area contributed by atoms with Gasteiger partial charge >= 0.3 is 0 Å². The summed E-state index contributed by atoms with van der Waals surface area (Å²) in [6, 6.07) is 2.06. The van der Waals surface area contributed by atoms with Crippen LogP contribution in [0.5, 0.6) is 0 Å². The third-order valence-corrected chi connectivity index (χ3v) is 4.50. The van der Waals surface area contributed by atoms with Gasteiger partial charge in [0.1, 0.15) is 0 Å². The fourth-order valence-corrected chi connectivity index (χ4v) is 3.23. The van der Waals surface area contributed by atoms with Crippen molar-refractivity contribution in [1.29, 1.82) is 0 Å². The molecule has 2 fully saturated rings. The number of aromatic amines is 1. The van der Waals surface area contributed by atoms with Gasteiger partial charge in [-0.1, -0.05) is 0 Å². The van der Waals surface area contributed by atoms with Gasteiger partial charge in [-0.2, -0.15) is 5.10 Å². The van der Waals surface area contributed by atoms with E-state index in [0.29, 0.717) is 19.1 Å². The van der Waals surface area contributed by atoms with Crippen LogP contribution in [0, 0.1) is 0 Å². The first-order chi connectivity index (χ1) is 10.2. The standard InChI is InChI=1S/C15H24N4O2/c1-12-10-19(8-9-21-12)15(20)11-18-6-3-13(4-7-18)14-2-5-16-17-14/h2,5,12-13H,3-4,6-11H2,1H3,(H,16,17). The number of carbonyl (C=O) groups is 1. The summed E-state index contributed by atoms with van der Waals surface area (Å²) in [6.45, 7) is 6.65. The zero-order valence-corrected chi connectivity index (χ0v) is 12.6. The second kappa shape index (κ2) is 6.58. The van der Waals surface area contributed by atoms with Gasteiger partial charge < -0.3 is 9.64 Å². The molecule has 3 rings (SSSR count). The summed E-state index contributed by atoms with van der Waals surface area (Å²) in [5.74, 6) is 0.799. The minimum atomic E-state index is 0.161. The van der Waals surface area contributed by atoms with Crippen LogP contribution in [-0.4, -0.2) is 71.3 Å². The minimum Gasteiger partial charge on any atom is -0.375 e. The second-order valence-corrected chi connectivity index (χ2v) is 6.08. The normalized spacial score (nSPS) is 25.2. The first-order valence-electron chi connectivity index (χ1n) is 7.83. The monoisotopic (exact) mass is 292 g/mol. The van der Waals surface area contributed by atoms with Crippen LogP contribution in [0.4, 0.5) is 0 Å². The van der Waals surface area contributed by atoms with Crippen LogP contribution in [0.1, 0.15) is 31.4 Å². The quantitative estimate of drug-likeness (QED) is 0.896. The topological polar surface area (TPSA) is 61.5 Å². The summed E-state index contributed by atoms with van der Waals surface area (Å²) in [7, 11) is 0. The van der Waals surface area contributed by atoms with E-state index >= 15 is 0 Å². The molecule has 1 aromatic heterocycles. The predicted octanol–water partition coefficient (Wildman–Crippen LogP) is 0.836. The maximum Gasteiger partial charge on any atom is 0.236 e. The number of hydrogen-bond acceptors (Lipinski definition) is 4. The van der Waals surface area contributed by atoms with Gasteiger partial charge in [0.25, 0.3) is 0 Å². The van der Waals surface area contributed by atoms with E-state index in [0.717, 1.165) is 39.0 Å². The van der Waals surface area contributed by atoms with Gasteiger partial charge in [0.05, 0.1) is 19.3 Å². The molecule has 0 spiro atoms. The largest absolute Gasteiger partial charge is 0.375 e. The molecule has 21 heavy (non-hydrogen) atoms. The maximum atomic E-state index is 12.3. The molecular formula is C15H24N4O2. The highest BCUT2D eigenvalue weighted by Gasteiger charge is 2.26. The van der Waals surface area contributed by atoms with Crippen molar-refractivity contribution >= 4 is 5.91 Å². The molecule has 1 atom stereocenters. The number of carbonyl (C=O) groups excluding carboxylic acids is 1. The fourth-order valence-electron chi connectivity index (χ4n) is 3.23. The summed E-state index contributed by atoms with van der Waals surface area (Å²) < 4.78 is 5.49. The lowest BCUT2D eigenvalue weighted by atomic mass is 9.94. The number of ether oxygens (including phenoxy) is 1. The summed E-state index contributed by atoms with van der Waals surface area (Å²) in [5.41, 5.74) is 1.22. The van der Waals surface area contributed by atoms with Gasteiger partial charge in [-0.05, 0) is 38.9 Å². The number of nitrogens with one attached hydrogen (secondary N) is 1. The Hall–Kier alpha value is -1.40. The van der Waals surface area contributed by atoms with Gasteiger partial charge in [-0.25, -0.2) is 0 Å². The van der Waals surface area contributed by atoms with E-state index in [2.05, 4.69) is 21.2 Å². The number of piperidine rings is 1. The Kier molecular flexibility index (Phi) is 4.55. The van der Waals surface area contributed by atoms with Crippen molar-refractivity contribution in [2.75, 3.05) is 39.3 Å². The molecule has 1 N–H and O–H groups in total. The first-order valence-corrected chi connectivity index (χ1v) is 7.83. The molecule has 2 aliphatic rings. The Bertz CT molecular complexity index is 454. The number of likely N-dealkylation sites (tertiary alicyclic amines) is 1. The zero-order valence-electron chi connectivity index (χ0n) is 12.6. The fraction of sp³-hybridized carbons (Fsp3) is 0.733. The highest BCUT2D eigenvalue weighted by molar-refractivity contribution is 5.78. The van der Waals surface area contributed by atoms with Crippen LogP contribution in [0.3, 0.4) is 0 Å². The van der Waals surface area contributed by atoms with Crippen molar-refractivity contribution in [2.45, 2.75) is 31.8 Å². The van der Waals surface area contributed by atoms with Gasteiger partial charge in [-0.3, -0.25) is 14.8 Å². The van der Waals surface area contributed by atoms with Gasteiger partial charge in [0.2, 0.25) is 5.91 Å². The average Bonchev–Trinajstić information content (AvgIpc) is 3.02. The van der Waals surface area contributed by atoms with E-state index in [1.165, 1.54) is 5.69 Å². The van der Waals surface area contributed by atoms with Crippen LogP contribution in [0.15, 0.2) is 12.3 Å². The van der Waals surface area contributed by atoms with Crippen LogP contribution < -0.4 is 0 Å². The molecule has 3 heterocycles. The summed E-state index contributed by atoms with van der Waals surface area (Å²) in [6.07, 6.45) is 4.16. The average molecular weight is 292 g/mol. The molecule has 6 heteroatoms. The van der Waals surface area contributed by atoms with E-state index in [1.807, 2.05) is 18.0 Å². The lowest BCUT2D eigenvalue weighted by Crippen LogP contribution is -2.49. The highest BCUT2D eigenvalue weighted by Crippen LogP contribution is 2.26. The Morgan fingerprint density at radius 1 is 1.43 bits per heavy atom. The van der Waals surface area contributed by atoms with E-state index in [9.17, 15) is 4.79 Å². The Morgan fingerprint density at radius 3 is 2.90 bits per heavy atom. The smallest absolute Gasteiger partial charge is 0.236 e. The summed E-state index contributed by atoms with van der Waals surface area (Å²) >= 11 is 0. The second-order valence-electron chi connectivity index (χ2n) is 6.08. The SMILES string of the molecule is CC1CN(C(=O)CN2CCC(c3ccn[nH]3)CC2)CCO1. The minimum absolute atomic E-state index is 0.161. The lowest BCUT2D eigenvalue weighted by molar-refractivity contribution is -0.139. The van der Waals surface area contributed by atoms with E-state index in [-0.39, 0.29) is 12.0 Å². The van der Waals surface area contributed by atoms with Gasteiger partial charge in [0, 0.05) is 30.9 Å². The van der Waals surface area contributed by atoms with Crippen molar-refractivity contribution in [3.8, 4) is 0 Å². The summed E-state index contributed by atoms with van der Waals surface area (Å²) in [4.78, 5) is 16.5. The summed E-state index contributed by atoms with van der Waals surface area (Å²) in [5, 5.41) is 7.08. The van der Waals surface area contributed by atoms with Gasteiger partial charge in [-0.15, -0.1) is 0 Å². The lowest BCUT2D eigenvalue weighted by Gasteiger charge is -2.35. The molecule has 2 saturated heterocycles. The molecule has 1 aromatic rings. The van der Waals surface area contributed by atoms with Crippen LogP contribution in [-0.2, 0) is 9.53 Å². The van der Waals surface area contributed by atoms with Crippen LogP contribution in [0.25, 0.3) is 0 Å². The molecule has 6 nitrogen and oxygen atoms in total. The van der Waals surface area contributed by atoms with Crippen molar-refractivity contribution in [2.24, 2.45) is 0 Å². The van der Waals surface area contributed by atoms with E-state index in [4.69, 9.17) is 4.74 Å². The Balaban J connectivity index is 1.45. The maximum absolute atomic E-state index is 12.3. The third kappa shape index (κ3) is 3.63. The number of H-pyrrole nitrogens is 1. The molecular weight excluding hydrogens is 268 g/mol. The number of morpholine rings is 1. The van der Waals surface area contributed by atoms with Gasteiger partial charge in [0.15, 0.2) is 0 Å². The van der Waals surface area contributed by atoms with Crippen molar-refractivity contribution in [3.63, 3.8) is 0 Å². The number of nitrogens with zero attached hydrogens (tertiary/aromatic N) is 3. The molecule has 1 unspecified atom stereocenters. The molecule has 0 aromatic carbocycles. The number of amides is 1. The van der Waals surface area contributed by atoms with Crippen molar-refractivity contribution in [1.82, 2.24) is 20.0 Å². The zero-order chi connectivity index (χ0) is 14.7. The highest BCUT2D eigenvalue weighted by atomic mass is 16.5. The van der Waals surface area contributed by atoms with Crippen LogP contribution >= 0.6 is 0 Å². The molecule has 1 amide bonds. The molecule has 116 valence electrons. The first kappa shape index (κ1) is 14.5.